The first kappa shape index (κ1) is 24.7. The van der Waals surface area contributed by atoms with Crippen LogP contribution in [0.4, 0.5) is 0 Å². The molecule has 8 nitrogen and oxygen atoms in total. The lowest BCUT2D eigenvalue weighted by Gasteiger charge is -2.35. The van der Waals surface area contributed by atoms with Crippen molar-refractivity contribution in [2.24, 2.45) is 5.92 Å². The van der Waals surface area contributed by atoms with E-state index in [0.717, 1.165) is 33.4 Å². The number of fused-ring (bicyclic) bond motifs is 1. The normalized spacial score (nSPS) is 13.2. The van der Waals surface area contributed by atoms with E-state index in [0.29, 0.717) is 18.7 Å². The van der Waals surface area contributed by atoms with Gasteiger partial charge in [0.05, 0.1) is 11.6 Å². The third-order valence-corrected chi connectivity index (χ3v) is 6.29. The number of nitrogens with zero attached hydrogens (tertiary/aromatic N) is 6. The van der Waals surface area contributed by atoms with Crippen molar-refractivity contribution in [3.63, 3.8) is 0 Å². The van der Waals surface area contributed by atoms with Crippen molar-refractivity contribution in [1.29, 1.82) is 0 Å². The Balaban J connectivity index is 1.82. The standard InChI is InChI=1S/C27H35N7O/c1-17(2)24(25-30-31-32-34(25)27(5,6)7)33(15-20-9-8-10-28-14-20)16-21-13-22-19(4)11-18(3)12-23(22)29-26(21)35/h8-14,17,24H,15-16H2,1-7H3,(H,29,35). The summed E-state index contributed by atoms with van der Waals surface area (Å²) in [5.74, 6) is 0.989. The number of hydrogen-bond donors (Lipinski definition) is 1. The van der Waals surface area contributed by atoms with Crippen LogP contribution in [0, 0.1) is 19.8 Å². The second-order valence-electron chi connectivity index (χ2n) is 10.7. The van der Waals surface area contributed by atoms with Crippen molar-refractivity contribution in [2.75, 3.05) is 0 Å². The first-order valence-corrected chi connectivity index (χ1v) is 12.1. The topological polar surface area (TPSA) is 92.6 Å². The average molecular weight is 474 g/mol. The Morgan fingerprint density at radius 3 is 2.54 bits per heavy atom. The lowest BCUT2D eigenvalue weighted by Crippen LogP contribution is -2.37. The molecule has 0 aliphatic carbocycles. The van der Waals surface area contributed by atoms with Gasteiger partial charge in [0.1, 0.15) is 0 Å². The predicted molar refractivity (Wildman–Crippen MR) is 138 cm³/mol. The van der Waals surface area contributed by atoms with Gasteiger partial charge in [-0.15, -0.1) is 5.10 Å². The number of aromatic nitrogens is 6. The summed E-state index contributed by atoms with van der Waals surface area (Å²) in [6.45, 7) is 15.8. The summed E-state index contributed by atoms with van der Waals surface area (Å²) in [6.07, 6.45) is 3.64. The van der Waals surface area contributed by atoms with Gasteiger partial charge in [0.2, 0.25) is 0 Å². The van der Waals surface area contributed by atoms with Gasteiger partial charge < -0.3 is 4.98 Å². The lowest BCUT2D eigenvalue weighted by molar-refractivity contribution is 0.119. The number of pyridine rings is 2. The summed E-state index contributed by atoms with van der Waals surface area (Å²) in [4.78, 5) is 22.9. The van der Waals surface area contributed by atoms with Crippen molar-refractivity contribution in [3.8, 4) is 0 Å². The molecule has 4 rings (SSSR count). The number of H-pyrrole nitrogens is 1. The van der Waals surface area contributed by atoms with Gasteiger partial charge in [-0.1, -0.05) is 26.0 Å². The molecule has 0 saturated heterocycles. The van der Waals surface area contributed by atoms with Crippen molar-refractivity contribution in [3.05, 3.63) is 81.2 Å². The average Bonchev–Trinajstić information content (AvgIpc) is 3.25. The Kier molecular flexibility index (Phi) is 6.85. The van der Waals surface area contributed by atoms with E-state index < -0.39 is 0 Å². The van der Waals surface area contributed by atoms with Crippen molar-refractivity contribution in [2.45, 2.75) is 73.1 Å². The van der Waals surface area contributed by atoms with Crippen LogP contribution in [0.3, 0.4) is 0 Å². The molecule has 1 N–H and O–H groups in total. The zero-order valence-electron chi connectivity index (χ0n) is 21.7. The summed E-state index contributed by atoms with van der Waals surface area (Å²) in [6, 6.07) is 10.1. The van der Waals surface area contributed by atoms with Crippen LogP contribution in [0.15, 0.2) is 47.5 Å². The third kappa shape index (κ3) is 5.32. The van der Waals surface area contributed by atoms with Crippen LogP contribution in [0.2, 0.25) is 0 Å². The monoisotopic (exact) mass is 473 g/mol. The number of tetrazole rings is 1. The van der Waals surface area contributed by atoms with Crippen LogP contribution in [0.25, 0.3) is 10.9 Å². The molecule has 0 saturated carbocycles. The highest BCUT2D eigenvalue weighted by atomic mass is 16.1. The van der Waals surface area contributed by atoms with E-state index in [-0.39, 0.29) is 23.1 Å². The fourth-order valence-electron chi connectivity index (χ4n) is 4.77. The maximum absolute atomic E-state index is 13.2. The van der Waals surface area contributed by atoms with E-state index in [1.54, 1.807) is 6.20 Å². The van der Waals surface area contributed by atoms with Gasteiger partial charge in [-0.3, -0.25) is 14.7 Å². The second-order valence-corrected chi connectivity index (χ2v) is 10.7. The van der Waals surface area contributed by atoms with Crippen LogP contribution >= 0.6 is 0 Å². The SMILES string of the molecule is Cc1cc(C)c2cc(CN(Cc3cccnc3)C(c3nnnn3C(C)(C)C)C(C)C)c(=O)[nH]c2c1. The molecule has 35 heavy (non-hydrogen) atoms. The van der Waals surface area contributed by atoms with E-state index in [1.165, 1.54) is 0 Å². The molecule has 3 aromatic heterocycles. The summed E-state index contributed by atoms with van der Waals surface area (Å²) in [5, 5.41) is 13.9. The summed E-state index contributed by atoms with van der Waals surface area (Å²) < 4.78 is 1.89. The number of aromatic amines is 1. The first-order chi connectivity index (χ1) is 16.5. The lowest BCUT2D eigenvalue weighted by atomic mass is 9.98. The quantitative estimate of drug-likeness (QED) is 0.419. The smallest absolute Gasteiger partial charge is 0.252 e. The molecule has 1 aromatic carbocycles. The van der Waals surface area contributed by atoms with E-state index in [2.05, 4.69) is 84.1 Å². The number of aryl methyl sites for hydroxylation is 2. The Morgan fingerprint density at radius 1 is 1.11 bits per heavy atom. The predicted octanol–water partition coefficient (Wildman–Crippen LogP) is 4.68. The molecule has 0 radical (unpaired) electrons. The molecule has 0 spiro atoms. The Hall–Kier alpha value is -3.39. The number of nitrogens with one attached hydrogen (secondary N) is 1. The van der Waals surface area contributed by atoms with Crippen LogP contribution in [0.1, 0.15) is 68.7 Å². The Labute approximate surface area is 206 Å². The van der Waals surface area contributed by atoms with Gasteiger partial charge in [-0.2, -0.15) is 0 Å². The van der Waals surface area contributed by atoms with Crippen LogP contribution < -0.4 is 5.56 Å². The maximum atomic E-state index is 13.2. The molecule has 4 aromatic rings. The fraction of sp³-hybridized carbons (Fsp3) is 0.444. The van der Waals surface area contributed by atoms with Crippen molar-refractivity contribution in [1.82, 2.24) is 35.1 Å². The van der Waals surface area contributed by atoms with Crippen LogP contribution in [-0.2, 0) is 18.6 Å². The van der Waals surface area contributed by atoms with Gasteiger partial charge in [0.25, 0.3) is 5.56 Å². The zero-order valence-corrected chi connectivity index (χ0v) is 21.7. The molecule has 184 valence electrons. The highest BCUT2D eigenvalue weighted by Gasteiger charge is 2.33. The molecule has 0 fully saturated rings. The summed E-state index contributed by atoms with van der Waals surface area (Å²) >= 11 is 0. The van der Waals surface area contributed by atoms with Crippen molar-refractivity contribution >= 4 is 10.9 Å². The minimum atomic E-state index is -0.276. The summed E-state index contributed by atoms with van der Waals surface area (Å²) in [7, 11) is 0. The molecule has 1 atom stereocenters. The molecule has 8 heteroatoms. The van der Waals surface area contributed by atoms with Gasteiger partial charge in [0.15, 0.2) is 5.82 Å². The number of rotatable bonds is 7. The van der Waals surface area contributed by atoms with Gasteiger partial charge in [0, 0.05) is 41.9 Å². The van der Waals surface area contributed by atoms with Crippen LogP contribution in [-0.4, -0.2) is 35.1 Å². The largest absolute Gasteiger partial charge is 0.322 e. The summed E-state index contributed by atoms with van der Waals surface area (Å²) in [5.41, 5.74) is 4.58. The Morgan fingerprint density at radius 2 is 1.89 bits per heavy atom. The van der Waals surface area contributed by atoms with Gasteiger partial charge in [-0.05, 0) is 85.9 Å². The molecular weight excluding hydrogens is 438 g/mol. The van der Waals surface area contributed by atoms with E-state index >= 15 is 0 Å². The van der Waals surface area contributed by atoms with E-state index in [9.17, 15) is 4.79 Å². The Bertz CT molecular complexity index is 1370. The highest BCUT2D eigenvalue weighted by molar-refractivity contribution is 5.83. The van der Waals surface area contributed by atoms with Gasteiger partial charge in [-0.25, -0.2) is 4.68 Å². The molecule has 1 unspecified atom stereocenters. The molecule has 0 aliphatic rings. The fourth-order valence-corrected chi connectivity index (χ4v) is 4.77. The molecular formula is C27H35N7O. The molecule has 3 heterocycles. The molecule has 0 aliphatic heterocycles. The number of hydrogen-bond acceptors (Lipinski definition) is 6. The minimum Gasteiger partial charge on any atom is -0.322 e. The first-order valence-electron chi connectivity index (χ1n) is 12.1. The van der Waals surface area contributed by atoms with E-state index in [1.807, 2.05) is 36.0 Å². The minimum absolute atomic E-state index is 0.0726. The third-order valence-electron chi connectivity index (χ3n) is 6.29. The van der Waals surface area contributed by atoms with E-state index in [4.69, 9.17) is 0 Å². The zero-order chi connectivity index (χ0) is 25.3. The second kappa shape index (κ2) is 9.70. The molecule has 0 amide bonds. The van der Waals surface area contributed by atoms with Crippen molar-refractivity contribution < 1.29 is 0 Å². The highest BCUT2D eigenvalue weighted by Crippen LogP contribution is 2.32. The maximum Gasteiger partial charge on any atom is 0.252 e. The molecule has 0 bridgehead atoms. The van der Waals surface area contributed by atoms with Crippen LogP contribution in [0.5, 0.6) is 0 Å². The number of benzene rings is 1. The van der Waals surface area contributed by atoms with Gasteiger partial charge >= 0.3 is 0 Å².